The molecule has 0 unspecified atom stereocenters. The summed E-state index contributed by atoms with van der Waals surface area (Å²) in [6.45, 7) is 0.395. The first-order valence-electron chi connectivity index (χ1n) is 7.67. The molecule has 25 heavy (non-hydrogen) atoms. The van der Waals surface area contributed by atoms with Crippen LogP contribution in [0, 0.1) is 5.82 Å². The van der Waals surface area contributed by atoms with Gasteiger partial charge in [0.15, 0.2) is 0 Å². The zero-order chi connectivity index (χ0) is 17.4. The number of allylic oxidation sites excluding steroid dienone is 1. The van der Waals surface area contributed by atoms with Crippen molar-refractivity contribution in [2.45, 2.75) is 0 Å². The lowest BCUT2D eigenvalue weighted by Gasteiger charge is -2.06. The second kappa shape index (κ2) is 6.33. The van der Waals surface area contributed by atoms with Gasteiger partial charge in [-0.2, -0.15) is 0 Å². The monoisotopic (exact) mass is 401 g/mol. The van der Waals surface area contributed by atoms with E-state index in [0.717, 1.165) is 11.3 Å². The second-order valence-corrected chi connectivity index (χ2v) is 6.32. The molecule has 0 radical (unpaired) electrons. The second-order valence-electron chi connectivity index (χ2n) is 5.53. The topological polar surface area (TPSA) is 62.7 Å². The number of rotatable bonds is 3. The molecule has 0 aromatic heterocycles. The molecular formula is C18H13BrFN3O2. The lowest BCUT2D eigenvalue weighted by Crippen LogP contribution is -2.13. The number of halogens is 2. The van der Waals surface area contributed by atoms with Crippen LogP contribution in [0.2, 0.25) is 0 Å². The number of nitrogens with one attached hydrogen (secondary N) is 2. The van der Waals surface area contributed by atoms with Crippen molar-refractivity contribution < 1.29 is 14.0 Å². The van der Waals surface area contributed by atoms with E-state index < -0.39 is 5.82 Å². The normalized spacial score (nSPS) is 19.4. The first kappa shape index (κ1) is 15.8. The van der Waals surface area contributed by atoms with Crippen LogP contribution in [-0.4, -0.2) is 23.6 Å². The number of oxime groups is 1. The molecule has 0 fully saturated rings. The lowest BCUT2D eigenvalue weighted by molar-refractivity contribution is -0.110. The quantitative estimate of drug-likeness (QED) is 0.356. The Hall–Kier alpha value is -2.67. The molecule has 0 spiro atoms. The molecular weight excluding hydrogens is 389 g/mol. The van der Waals surface area contributed by atoms with Gasteiger partial charge in [0.25, 0.3) is 5.91 Å². The van der Waals surface area contributed by atoms with Crippen molar-refractivity contribution >= 4 is 44.5 Å². The molecule has 2 aromatic carbocycles. The van der Waals surface area contributed by atoms with Crippen LogP contribution in [0.1, 0.15) is 11.1 Å². The predicted molar refractivity (Wildman–Crippen MR) is 98.3 cm³/mol. The summed E-state index contributed by atoms with van der Waals surface area (Å²) in [5, 5.41) is 10.8. The van der Waals surface area contributed by atoms with E-state index in [4.69, 9.17) is 4.84 Å². The highest BCUT2D eigenvalue weighted by Crippen LogP contribution is 2.39. The molecule has 2 N–H and O–H groups in total. The Morgan fingerprint density at radius 3 is 2.72 bits per heavy atom. The van der Waals surface area contributed by atoms with E-state index in [0.29, 0.717) is 40.2 Å². The number of benzene rings is 2. The van der Waals surface area contributed by atoms with E-state index in [1.807, 2.05) is 24.3 Å². The third kappa shape index (κ3) is 2.70. The minimum absolute atomic E-state index is 0.302. The van der Waals surface area contributed by atoms with Crippen molar-refractivity contribution in [2.75, 3.05) is 22.6 Å². The van der Waals surface area contributed by atoms with Gasteiger partial charge < -0.3 is 15.5 Å². The summed E-state index contributed by atoms with van der Waals surface area (Å²) in [6.07, 6.45) is 0. The van der Waals surface area contributed by atoms with E-state index in [-0.39, 0.29) is 5.91 Å². The van der Waals surface area contributed by atoms with Gasteiger partial charge in [-0.3, -0.25) is 4.79 Å². The molecule has 2 aromatic rings. The average molecular weight is 402 g/mol. The highest BCUT2D eigenvalue weighted by Gasteiger charge is 2.34. The molecule has 2 aliphatic rings. The van der Waals surface area contributed by atoms with Crippen LogP contribution in [0.25, 0.3) is 5.57 Å². The van der Waals surface area contributed by atoms with E-state index in [1.54, 1.807) is 6.07 Å². The van der Waals surface area contributed by atoms with Crippen molar-refractivity contribution in [3.63, 3.8) is 0 Å². The Bertz CT molecular complexity index is 940. The number of alkyl halides is 1. The summed E-state index contributed by atoms with van der Waals surface area (Å²) in [6, 6.07) is 11.8. The minimum atomic E-state index is -0.405. The summed E-state index contributed by atoms with van der Waals surface area (Å²) in [7, 11) is 0. The molecule has 0 saturated heterocycles. The molecule has 2 aliphatic heterocycles. The maximum absolute atomic E-state index is 13.7. The summed E-state index contributed by atoms with van der Waals surface area (Å²) in [5.74, 6) is -0.706. The van der Waals surface area contributed by atoms with E-state index >= 15 is 0 Å². The maximum Gasteiger partial charge on any atom is 0.258 e. The molecule has 2 heterocycles. The van der Waals surface area contributed by atoms with Crippen LogP contribution in [0.4, 0.5) is 15.8 Å². The Balaban J connectivity index is 1.89. The van der Waals surface area contributed by atoms with Gasteiger partial charge in [-0.15, -0.1) is 0 Å². The molecule has 5 nitrogen and oxygen atoms in total. The van der Waals surface area contributed by atoms with Gasteiger partial charge in [-0.05, 0) is 24.3 Å². The number of carbonyl (C=O) groups excluding carboxylic acids is 1. The first-order valence-corrected chi connectivity index (χ1v) is 8.79. The molecule has 0 bridgehead atoms. The van der Waals surface area contributed by atoms with Crippen LogP contribution >= 0.6 is 15.9 Å². The van der Waals surface area contributed by atoms with E-state index in [1.165, 1.54) is 12.1 Å². The smallest absolute Gasteiger partial charge is 0.258 e. The number of fused-ring (bicyclic) bond motifs is 2. The van der Waals surface area contributed by atoms with Crippen molar-refractivity contribution in [1.29, 1.82) is 0 Å². The Kier molecular flexibility index (Phi) is 4.01. The molecule has 126 valence electrons. The van der Waals surface area contributed by atoms with Crippen molar-refractivity contribution in [1.82, 2.24) is 0 Å². The summed E-state index contributed by atoms with van der Waals surface area (Å²) in [4.78, 5) is 17.8. The predicted octanol–water partition coefficient (Wildman–Crippen LogP) is 3.73. The van der Waals surface area contributed by atoms with Crippen molar-refractivity contribution in [2.24, 2.45) is 5.16 Å². The molecule has 4 rings (SSSR count). The Morgan fingerprint density at radius 2 is 1.88 bits per heavy atom. The van der Waals surface area contributed by atoms with Gasteiger partial charge in [0.1, 0.15) is 18.1 Å². The fourth-order valence-electron chi connectivity index (χ4n) is 2.94. The Morgan fingerprint density at radius 1 is 1.08 bits per heavy atom. The third-order valence-electron chi connectivity index (χ3n) is 3.98. The number of para-hydroxylation sites is 1. The van der Waals surface area contributed by atoms with Gasteiger partial charge in [0.2, 0.25) is 0 Å². The standard InChI is InChI=1S/C18H13BrFN3O2/c19-7-8-25-23-16-11-3-1-2-4-13(11)21-17(16)15-12-9-10(20)5-6-14(12)22-18(15)24/h1-6,9,21H,7-8H2,(H,22,24)/b17-15-,23-16+. The highest BCUT2D eigenvalue weighted by molar-refractivity contribution is 9.09. The maximum atomic E-state index is 13.7. The van der Waals surface area contributed by atoms with Crippen LogP contribution in [0.5, 0.6) is 0 Å². The van der Waals surface area contributed by atoms with Crippen LogP contribution in [-0.2, 0) is 9.63 Å². The van der Waals surface area contributed by atoms with Crippen LogP contribution in [0.15, 0.2) is 53.3 Å². The number of hydrogen-bond acceptors (Lipinski definition) is 4. The molecule has 1 amide bonds. The zero-order valence-corrected chi connectivity index (χ0v) is 14.6. The number of amides is 1. The minimum Gasteiger partial charge on any atom is -0.394 e. The highest BCUT2D eigenvalue weighted by atomic mass is 79.9. The summed E-state index contributed by atoms with van der Waals surface area (Å²) in [5.41, 5.74) is 4.13. The van der Waals surface area contributed by atoms with Crippen molar-refractivity contribution in [3.05, 3.63) is 65.1 Å². The average Bonchev–Trinajstić information content (AvgIpc) is 3.11. The zero-order valence-electron chi connectivity index (χ0n) is 13.0. The number of hydrogen-bond donors (Lipinski definition) is 2. The molecule has 0 atom stereocenters. The number of carbonyl (C=O) groups is 1. The lowest BCUT2D eigenvalue weighted by atomic mass is 10.0. The molecule has 0 saturated carbocycles. The third-order valence-corrected chi connectivity index (χ3v) is 4.30. The first-order chi connectivity index (χ1) is 12.2. The molecule has 0 aliphatic carbocycles. The van der Waals surface area contributed by atoms with Gasteiger partial charge >= 0.3 is 0 Å². The van der Waals surface area contributed by atoms with Gasteiger partial charge in [0, 0.05) is 27.8 Å². The van der Waals surface area contributed by atoms with Crippen LogP contribution < -0.4 is 10.6 Å². The fourth-order valence-corrected chi connectivity index (χ4v) is 3.08. The summed E-state index contributed by atoms with van der Waals surface area (Å²) >= 11 is 3.28. The van der Waals surface area contributed by atoms with Gasteiger partial charge in [-0.25, -0.2) is 4.39 Å². The Labute approximate surface area is 151 Å². The van der Waals surface area contributed by atoms with Gasteiger partial charge in [0.05, 0.1) is 11.3 Å². The fraction of sp³-hybridized carbons (Fsp3) is 0.111. The van der Waals surface area contributed by atoms with E-state index in [9.17, 15) is 9.18 Å². The van der Waals surface area contributed by atoms with Crippen molar-refractivity contribution in [3.8, 4) is 0 Å². The van der Waals surface area contributed by atoms with Gasteiger partial charge in [-0.1, -0.05) is 39.3 Å². The largest absolute Gasteiger partial charge is 0.394 e. The van der Waals surface area contributed by atoms with E-state index in [2.05, 4.69) is 31.7 Å². The molecule has 7 heteroatoms. The number of nitrogens with zero attached hydrogens (tertiary/aromatic N) is 1. The number of anilines is 2. The van der Waals surface area contributed by atoms with Crippen LogP contribution in [0.3, 0.4) is 0 Å². The summed E-state index contributed by atoms with van der Waals surface area (Å²) < 4.78 is 13.7. The SMILES string of the molecule is O=C1Nc2ccc(F)cc2/C1=C1/Nc2ccccc2/C1=N\OCCBr.